The molecule has 9 heteroatoms. The molecule has 0 radical (unpaired) electrons. The van der Waals surface area contributed by atoms with Crippen molar-refractivity contribution in [1.29, 1.82) is 0 Å². The van der Waals surface area contributed by atoms with Crippen molar-refractivity contribution >= 4 is 31.6 Å². The summed E-state index contributed by atoms with van der Waals surface area (Å²) in [5, 5.41) is 20.3. The van der Waals surface area contributed by atoms with Crippen molar-refractivity contribution in [3.63, 3.8) is 0 Å². The molecular formula is C14H13BrN2O5S. The van der Waals surface area contributed by atoms with E-state index in [4.69, 9.17) is 0 Å². The maximum absolute atomic E-state index is 12.2. The van der Waals surface area contributed by atoms with Crippen LogP contribution < -0.4 is 4.72 Å². The Morgan fingerprint density at radius 1 is 1.22 bits per heavy atom. The van der Waals surface area contributed by atoms with E-state index in [0.29, 0.717) is 10.9 Å². The predicted molar refractivity (Wildman–Crippen MR) is 87.8 cm³/mol. The lowest BCUT2D eigenvalue weighted by Gasteiger charge is -2.08. The molecule has 0 fully saturated rings. The molecule has 0 unspecified atom stereocenters. The van der Waals surface area contributed by atoms with Gasteiger partial charge >= 0.3 is 0 Å². The molecule has 0 aliphatic carbocycles. The molecule has 2 aromatic rings. The third-order valence-electron chi connectivity index (χ3n) is 3.07. The Morgan fingerprint density at radius 2 is 1.91 bits per heavy atom. The summed E-state index contributed by atoms with van der Waals surface area (Å²) in [5.41, 5.74) is 0.340. The fraction of sp³-hybridized carbons (Fsp3) is 0.143. The van der Waals surface area contributed by atoms with E-state index in [1.54, 1.807) is 12.1 Å². The minimum atomic E-state index is -3.98. The number of nitro benzene ring substituents is 1. The number of halogens is 1. The zero-order valence-electron chi connectivity index (χ0n) is 11.8. The molecule has 0 amide bonds. The summed E-state index contributed by atoms with van der Waals surface area (Å²) >= 11 is 3.18. The van der Waals surface area contributed by atoms with Gasteiger partial charge in [-0.05, 0) is 46.1 Å². The summed E-state index contributed by atoms with van der Waals surface area (Å²) in [6.45, 7) is 0.0750. The zero-order valence-corrected chi connectivity index (χ0v) is 14.2. The summed E-state index contributed by atoms with van der Waals surface area (Å²) < 4.78 is 27.3. The minimum Gasteiger partial charge on any atom is -0.507 e. The van der Waals surface area contributed by atoms with Crippen molar-refractivity contribution in [2.75, 3.05) is 6.54 Å². The van der Waals surface area contributed by atoms with Crippen molar-refractivity contribution in [2.45, 2.75) is 11.3 Å². The van der Waals surface area contributed by atoms with Gasteiger partial charge in [0.25, 0.3) is 5.69 Å². The van der Waals surface area contributed by atoms with Gasteiger partial charge in [-0.2, -0.15) is 0 Å². The number of nitrogens with one attached hydrogen (secondary N) is 1. The fourth-order valence-corrected chi connectivity index (χ4v) is 3.58. The number of para-hydroxylation sites is 1. The topological polar surface area (TPSA) is 110 Å². The average Bonchev–Trinajstić information content (AvgIpc) is 2.50. The Kier molecular flexibility index (Phi) is 5.34. The maximum atomic E-state index is 12.2. The third kappa shape index (κ3) is 4.27. The van der Waals surface area contributed by atoms with Crippen LogP contribution in [0.4, 0.5) is 5.69 Å². The van der Waals surface area contributed by atoms with E-state index < -0.39 is 20.6 Å². The molecule has 23 heavy (non-hydrogen) atoms. The first kappa shape index (κ1) is 17.4. The highest BCUT2D eigenvalue weighted by atomic mass is 79.9. The third-order valence-corrected chi connectivity index (χ3v) is 5.21. The van der Waals surface area contributed by atoms with Crippen LogP contribution in [0.1, 0.15) is 5.56 Å². The van der Waals surface area contributed by atoms with Gasteiger partial charge in [-0.25, -0.2) is 13.1 Å². The Balaban J connectivity index is 2.10. The highest BCUT2D eigenvalue weighted by molar-refractivity contribution is 9.10. The van der Waals surface area contributed by atoms with Gasteiger partial charge in [0.2, 0.25) is 10.0 Å². The van der Waals surface area contributed by atoms with Crippen LogP contribution >= 0.6 is 15.9 Å². The highest BCUT2D eigenvalue weighted by Gasteiger charge is 2.24. The smallest absolute Gasteiger partial charge is 0.289 e. The number of rotatable bonds is 6. The first-order valence-corrected chi connectivity index (χ1v) is 8.79. The maximum Gasteiger partial charge on any atom is 0.289 e. The van der Waals surface area contributed by atoms with E-state index >= 15 is 0 Å². The van der Waals surface area contributed by atoms with Crippen molar-refractivity contribution in [3.8, 4) is 5.75 Å². The number of nitrogens with zero attached hydrogens (tertiary/aromatic N) is 1. The van der Waals surface area contributed by atoms with Crippen molar-refractivity contribution in [1.82, 2.24) is 4.72 Å². The quantitative estimate of drug-likeness (QED) is 0.571. The number of phenols is 1. The van der Waals surface area contributed by atoms with Gasteiger partial charge in [-0.15, -0.1) is 0 Å². The summed E-state index contributed by atoms with van der Waals surface area (Å²) in [5.74, 6) is 0.0919. The number of nitro groups is 1. The largest absolute Gasteiger partial charge is 0.507 e. The molecule has 0 saturated carbocycles. The van der Waals surface area contributed by atoms with Gasteiger partial charge in [-0.3, -0.25) is 10.1 Å². The molecule has 0 bridgehead atoms. The fourth-order valence-electron chi connectivity index (χ4n) is 1.95. The van der Waals surface area contributed by atoms with E-state index in [1.165, 1.54) is 24.3 Å². The monoisotopic (exact) mass is 400 g/mol. The first-order chi connectivity index (χ1) is 10.8. The first-order valence-electron chi connectivity index (χ1n) is 6.52. The van der Waals surface area contributed by atoms with E-state index in [1.807, 2.05) is 0 Å². The number of phenolic OH excluding ortho intramolecular Hbond substituents is 1. The Hall–Kier alpha value is -1.97. The van der Waals surface area contributed by atoms with Crippen LogP contribution in [-0.2, 0) is 16.4 Å². The van der Waals surface area contributed by atoms with Gasteiger partial charge in [0, 0.05) is 12.6 Å². The Labute approximate surface area is 141 Å². The molecule has 122 valence electrons. The summed E-state index contributed by atoms with van der Waals surface area (Å²) in [6, 6.07) is 10.0. The number of hydrogen-bond donors (Lipinski definition) is 2. The normalized spacial score (nSPS) is 11.3. The zero-order chi connectivity index (χ0) is 17.0. The molecule has 0 spiro atoms. The average molecular weight is 401 g/mol. The standard InChI is InChI=1S/C14H13BrN2O5S/c15-11-9-10(5-6-13(11)18)7-8-16-23(21,22)14-4-2-1-3-12(14)17(19)20/h1-6,9,16,18H,7-8H2. The molecule has 0 aliphatic rings. The van der Waals surface area contributed by atoms with Gasteiger partial charge in [0.15, 0.2) is 4.90 Å². The molecule has 0 saturated heterocycles. The van der Waals surface area contributed by atoms with E-state index in [0.717, 1.165) is 11.6 Å². The molecule has 2 N–H and O–H groups in total. The molecular weight excluding hydrogens is 388 g/mol. The second-order valence-electron chi connectivity index (χ2n) is 4.66. The van der Waals surface area contributed by atoms with Crippen LogP contribution in [0, 0.1) is 10.1 Å². The lowest BCUT2D eigenvalue weighted by atomic mass is 10.1. The van der Waals surface area contributed by atoms with Gasteiger partial charge in [0.05, 0.1) is 9.40 Å². The summed E-state index contributed by atoms with van der Waals surface area (Å²) in [4.78, 5) is 9.82. The Bertz CT molecular complexity index is 839. The number of aromatic hydroxyl groups is 1. The number of hydrogen-bond acceptors (Lipinski definition) is 5. The molecule has 0 heterocycles. The van der Waals surface area contributed by atoms with Crippen LogP contribution in [-0.4, -0.2) is 25.0 Å². The number of benzene rings is 2. The van der Waals surface area contributed by atoms with Crippen LogP contribution in [0.2, 0.25) is 0 Å². The number of sulfonamides is 1. The molecule has 7 nitrogen and oxygen atoms in total. The van der Waals surface area contributed by atoms with Crippen molar-refractivity contribution in [2.24, 2.45) is 0 Å². The van der Waals surface area contributed by atoms with Gasteiger partial charge < -0.3 is 5.11 Å². The lowest BCUT2D eigenvalue weighted by Crippen LogP contribution is -2.26. The molecule has 2 aromatic carbocycles. The summed E-state index contributed by atoms with van der Waals surface area (Å²) in [7, 11) is -3.98. The van der Waals surface area contributed by atoms with E-state index in [9.17, 15) is 23.6 Å². The second kappa shape index (κ2) is 7.07. The van der Waals surface area contributed by atoms with E-state index in [2.05, 4.69) is 20.7 Å². The molecule has 0 atom stereocenters. The van der Waals surface area contributed by atoms with Crippen molar-refractivity contribution in [3.05, 3.63) is 62.6 Å². The van der Waals surface area contributed by atoms with Crippen LogP contribution in [0.15, 0.2) is 51.8 Å². The summed E-state index contributed by atoms with van der Waals surface area (Å²) in [6.07, 6.45) is 0.374. The Morgan fingerprint density at radius 3 is 2.57 bits per heavy atom. The SMILES string of the molecule is O=[N+]([O-])c1ccccc1S(=O)(=O)NCCc1ccc(O)c(Br)c1. The van der Waals surface area contributed by atoms with Crippen LogP contribution in [0.25, 0.3) is 0 Å². The van der Waals surface area contributed by atoms with Crippen LogP contribution in [0.5, 0.6) is 5.75 Å². The van der Waals surface area contributed by atoms with Gasteiger partial charge in [-0.1, -0.05) is 18.2 Å². The van der Waals surface area contributed by atoms with Crippen LogP contribution in [0.3, 0.4) is 0 Å². The van der Waals surface area contributed by atoms with Gasteiger partial charge in [0.1, 0.15) is 5.75 Å². The second-order valence-corrected chi connectivity index (χ2v) is 7.25. The lowest BCUT2D eigenvalue weighted by molar-refractivity contribution is -0.387. The van der Waals surface area contributed by atoms with E-state index in [-0.39, 0.29) is 17.2 Å². The van der Waals surface area contributed by atoms with Crippen molar-refractivity contribution < 1.29 is 18.4 Å². The highest BCUT2D eigenvalue weighted by Crippen LogP contribution is 2.25. The minimum absolute atomic E-state index is 0.0750. The predicted octanol–water partition coefficient (Wildman–Crippen LogP) is 2.58. The molecule has 2 rings (SSSR count). The molecule has 0 aliphatic heterocycles. The molecule has 0 aromatic heterocycles.